The highest BCUT2D eigenvalue weighted by Gasteiger charge is 2.23. The summed E-state index contributed by atoms with van der Waals surface area (Å²) in [5.41, 5.74) is 2.81. The van der Waals surface area contributed by atoms with E-state index in [2.05, 4.69) is 20.0 Å². The molecule has 1 amide bonds. The van der Waals surface area contributed by atoms with Gasteiger partial charge in [0.25, 0.3) is 0 Å². The summed E-state index contributed by atoms with van der Waals surface area (Å²) in [6, 6.07) is 15.4. The molecule has 2 aromatic carbocycles. The highest BCUT2D eigenvalue weighted by atomic mass is 35.5. The molecule has 0 saturated heterocycles. The zero-order chi connectivity index (χ0) is 25.3. The van der Waals surface area contributed by atoms with Gasteiger partial charge in [-0.2, -0.15) is 4.52 Å². The van der Waals surface area contributed by atoms with Crippen molar-refractivity contribution < 1.29 is 17.9 Å². The Kier molecular flexibility index (Phi) is 6.61. The third-order valence-corrected chi connectivity index (χ3v) is 7.65. The Morgan fingerprint density at radius 3 is 2.78 bits per heavy atom. The van der Waals surface area contributed by atoms with Crippen LogP contribution >= 0.6 is 11.6 Å². The predicted molar refractivity (Wildman–Crippen MR) is 135 cm³/mol. The number of hydrogen-bond acceptors (Lipinski definition) is 7. The molecule has 2 aromatic heterocycles. The second kappa shape index (κ2) is 9.84. The molecule has 0 saturated carbocycles. The number of rotatable bonds is 7. The lowest BCUT2D eigenvalue weighted by Crippen LogP contribution is -2.34. The van der Waals surface area contributed by atoms with Gasteiger partial charge in [-0.1, -0.05) is 23.7 Å². The van der Waals surface area contributed by atoms with Crippen LogP contribution in [0.1, 0.15) is 18.9 Å². The summed E-state index contributed by atoms with van der Waals surface area (Å²) in [5, 5.41) is 13.2. The summed E-state index contributed by atoms with van der Waals surface area (Å²) in [7, 11) is -3.75. The van der Waals surface area contributed by atoms with E-state index in [1.54, 1.807) is 35.2 Å². The van der Waals surface area contributed by atoms with E-state index >= 15 is 0 Å². The molecule has 1 N–H and O–H groups in total. The summed E-state index contributed by atoms with van der Waals surface area (Å²) in [4.78, 5) is 13.7. The molecule has 0 bridgehead atoms. The number of anilines is 1. The van der Waals surface area contributed by atoms with Crippen molar-refractivity contribution in [2.45, 2.75) is 24.7 Å². The van der Waals surface area contributed by atoms with Crippen LogP contribution in [0.3, 0.4) is 0 Å². The van der Waals surface area contributed by atoms with Crippen LogP contribution in [0.15, 0.2) is 59.5 Å². The molecule has 3 heterocycles. The van der Waals surface area contributed by atoms with Gasteiger partial charge < -0.3 is 9.64 Å². The molecule has 10 nitrogen and oxygen atoms in total. The molecule has 0 aliphatic carbocycles. The number of nitrogens with one attached hydrogen (secondary N) is 1. The minimum atomic E-state index is -3.75. The van der Waals surface area contributed by atoms with Crippen molar-refractivity contribution in [2.24, 2.45) is 0 Å². The third-order valence-electron chi connectivity index (χ3n) is 5.86. The number of benzene rings is 2. The van der Waals surface area contributed by atoms with Gasteiger partial charge in [0.2, 0.25) is 21.8 Å². The smallest absolute Gasteiger partial charge is 0.240 e. The molecule has 0 spiro atoms. The third kappa shape index (κ3) is 4.77. The molecule has 1 aliphatic rings. The van der Waals surface area contributed by atoms with Crippen LogP contribution in [0, 0.1) is 0 Å². The second-order valence-corrected chi connectivity index (χ2v) is 10.4. The summed E-state index contributed by atoms with van der Waals surface area (Å²) in [6.07, 6.45) is 1.51. The first-order valence-corrected chi connectivity index (χ1v) is 13.2. The maximum absolute atomic E-state index is 12.8. The number of aromatic nitrogens is 4. The molecular weight excluding hydrogens is 504 g/mol. The van der Waals surface area contributed by atoms with Crippen LogP contribution in [-0.2, 0) is 21.2 Å². The first kappa shape index (κ1) is 24.2. The quantitative estimate of drug-likeness (QED) is 0.367. The Morgan fingerprint density at radius 1 is 1.14 bits per heavy atom. The van der Waals surface area contributed by atoms with E-state index in [0.29, 0.717) is 28.6 Å². The van der Waals surface area contributed by atoms with Crippen molar-refractivity contribution in [2.75, 3.05) is 24.6 Å². The van der Waals surface area contributed by atoms with Gasteiger partial charge in [0.05, 0.1) is 9.92 Å². The van der Waals surface area contributed by atoms with Crippen LogP contribution in [0.5, 0.6) is 5.88 Å². The number of nitrogens with zero attached hydrogens (tertiary/aromatic N) is 5. The number of aryl methyl sites for hydroxylation is 1. The van der Waals surface area contributed by atoms with E-state index in [4.69, 9.17) is 16.3 Å². The Hall–Kier alpha value is -3.54. The number of halogens is 1. The number of carbonyl (C=O) groups is 1. The topological polar surface area (TPSA) is 119 Å². The van der Waals surface area contributed by atoms with Gasteiger partial charge >= 0.3 is 0 Å². The van der Waals surface area contributed by atoms with Gasteiger partial charge in [0, 0.05) is 37.3 Å². The molecule has 4 aromatic rings. The summed E-state index contributed by atoms with van der Waals surface area (Å²) < 4.78 is 35.4. The number of sulfonamides is 1. The number of amides is 1. The van der Waals surface area contributed by atoms with Gasteiger partial charge in [-0.15, -0.1) is 15.3 Å². The van der Waals surface area contributed by atoms with Crippen LogP contribution < -0.4 is 14.4 Å². The van der Waals surface area contributed by atoms with Gasteiger partial charge in [-0.05, 0) is 54.8 Å². The van der Waals surface area contributed by atoms with Crippen molar-refractivity contribution in [3.05, 3.63) is 65.2 Å². The zero-order valence-corrected chi connectivity index (χ0v) is 21.0. The van der Waals surface area contributed by atoms with Crippen molar-refractivity contribution in [3.63, 3.8) is 0 Å². The molecule has 0 unspecified atom stereocenters. The maximum Gasteiger partial charge on any atom is 0.240 e. The number of carbonyl (C=O) groups excluding carboxylic acids is 1. The van der Waals surface area contributed by atoms with E-state index in [0.717, 1.165) is 24.1 Å². The van der Waals surface area contributed by atoms with E-state index in [1.165, 1.54) is 17.5 Å². The minimum Gasteiger partial charge on any atom is -0.475 e. The number of hydrogen-bond donors (Lipinski definition) is 1. The standard InChI is InChI=1S/C24H23ClN6O4S/c1-16(32)30-13-4-5-17-15-18(8-9-21(17)30)36(33,34)26-12-14-35-23-11-10-22-27-28-24(31(22)29-23)19-6-2-3-7-20(19)25/h2-3,6-11,15,26H,4-5,12-14H2,1H3. The fraction of sp³-hybridized carbons (Fsp3) is 0.250. The van der Waals surface area contributed by atoms with E-state index in [9.17, 15) is 13.2 Å². The molecule has 186 valence electrons. The molecule has 36 heavy (non-hydrogen) atoms. The van der Waals surface area contributed by atoms with Crippen molar-refractivity contribution in [3.8, 4) is 17.3 Å². The molecule has 0 atom stereocenters. The molecule has 0 fully saturated rings. The largest absolute Gasteiger partial charge is 0.475 e. The molecule has 1 aliphatic heterocycles. The summed E-state index contributed by atoms with van der Waals surface area (Å²) in [5.74, 6) is 0.699. The van der Waals surface area contributed by atoms with E-state index in [-0.39, 0.29) is 29.8 Å². The Morgan fingerprint density at radius 2 is 1.97 bits per heavy atom. The molecule has 12 heteroatoms. The van der Waals surface area contributed by atoms with E-state index < -0.39 is 10.0 Å². The fourth-order valence-corrected chi connectivity index (χ4v) is 5.43. The Bertz CT molecular complexity index is 1560. The number of fused-ring (bicyclic) bond motifs is 2. The van der Waals surface area contributed by atoms with Gasteiger partial charge in [-0.25, -0.2) is 13.1 Å². The lowest BCUT2D eigenvalue weighted by molar-refractivity contribution is -0.116. The molecular formula is C24H23ClN6O4S. The first-order valence-electron chi connectivity index (χ1n) is 11.3. The van der Waals surface area contributed by atoms with Crippen LogP contribution in [0.25, 0.3) is 17.0 Å². The van der Waals surface area contributed by atoms with Gasteiger partial charge in [0.1, 0.15) is 6.61 Å². The predicted octanol–water partition coefficient (Wildman–Crippen LogP) is 3.10. The normalized spacial score (nSPS) is 13.6. The monoisotopic (exact) mass is 526 g/mol. The Labute approximate surface area is 212 Å². The van der Waals surface area contributed by atoms with Crippen LogP contribution in [-0.4, -0.2) is 53.8 Å². The van der Waals surface area contributed by atoms with Crippen LogP contribution in [0.4, 0.5) is 5.69 Å². The highest BCUT2D eigenvalue weighted by molar-refractivity contribution is 7.89. The average Bonchev–Trinajstić information content (AvgIpc) is 3.29. The first-order chi connectivity index (χ1) is 17.3. The minimum absolute atomic E-state index is 0.0399. The fourth-order valence-electron chi connectivity index (χ4n) is 4.14. The Balaban J connectivity index is 1.25. The molecule has 0 radical (unpaired) electrons. The van der Waals surface area contributed by atoms with E-state index in [1.807, 2.05) is 18.2 Å². The van der Waals surface area contributed by atoms with Crippen LogP contribution in [0.2, 0.25) is 5.02 Å². The summed E-state index contributed by atoms with van der Waals surface area (Å²) >= 11 is 6.29. The average molecular weight is 527 g/mol. The van der Waals surface area contributed by atoms with Crippen molar-refractivity contribution in [1.82, 2.24) is 24.5 Å². The number of ether oxygens (including phenoxy) is 1. The lowest BCUT2D eigenvalue weighted by atomic mass is 10.0. The highest BCUT2D eigenvalue weighted by Crippen LogP contribution is 2.29. The molecule has 5 rings (SSSR count). The second-order valence-electron chi connectivity index (χ2n) is 8.26. The van der Waals surface area contributed by atoms with Crippen molar-refractivity contribution in [1.29, 1.82) is 0 Å². The van der Waals surface area contributed by atoms with Gasteiger partial charge in [0.15, 0.2) is 11.5 Å². The van der Waals surface area contributed by atoms with Gasteiger partial charge in [-0.3, -0.25) is 4.79 Å². The maximum atomic E-state index is 12.8. The summed E-state index contributed by atoms with van der Waals surface area (Å²) in [6.45, 7) is 2.25. The lowest BCUT2D eigenvalue weighted by Gasteiger charge is -2.28. The van der Waals surface area contributed by atoms with Crippen molar-refractivity contribution >= 4 is 38.9 Å². The SMILES string of the molecule is CC(=O)N1CCCc2cc(S(=O)(=O)NCCOc3ccc4nnc(-c5ccccc5Cl)n4n3)ccc21. The zero-order valence-electron chi connectivity index (χ0n) is 19.4.